The molecule has 1 rings (SSSR count). The van der Waals surface area contributed by atoms with Crippen LogP contribution in [0.1, 0.15) is 51.9 Å². The summed E-state index contributed by atoms with van der Waals surface area (Å²) in [6.45, 7) is 2.76. The van der Waals surface area contributed by atoms with Crippen molar-refractivity contribution < 1.29 is 4.79 Å². The molecule has 13 heavy (non-hydrogen) atoms. The van der Waals surface area contributed by atoms with Gasteiger partial charge in [-0.05, 0) is 19.8 Å². The van der Waals surface area contributed by atoms with Crippen molar-refractivity contribution in [2.75, 3.05) is 6.54 Å². The Balaban J connectivity index is 2.32. The van der Waals surface area contributed by atoms with E-state index in [1.54, 1.807) is 0 Å². The molecule has 0 atom stereocenters. The zero-order chi connectivity index (χ0) is 9.52. The highest BCUT2D eigenvalue weighted by molar-refractivity contribution is 5.78. The minimum Gasteiger partial charge on any atom is -0.356 e. The fourth-order valence-electron chi connectivity index (χ4n) is 2.04. The van der Waals surface area contributed by atoms with Crippen molar-refractivity contribution in [2.45, 2.75) is 51.9 Å². The van der Waals surface area contributed by atoms with Crippen LogP contribution in [0, 0.1) is 5.92 Å². The number of nitrogens with one attached hydrogen (secondary N) is 1. The summed E-state index contributed by atoms with van der Waals surface area (Å²) in [7, 11) is 0. The third kappa shape index (κ3) is 3.79. The lowest BCUT2D eigenvalue weighted by atomic mass is 9.90. The fraction of sp³-hybridized carbons (Fsp3) is 0.909. The predicted octanol–water partition coefficient (Wildman–Crippen LogP) is 2.48. The van der Waals surface area contributed by atoms with Crippen LogP contribution in [0.2, 0.25) is 0 Å². The zero-order valence-electron chi connectivity index (χ0n) is 8.64. The second kappa shape index (κ2) is 6.01. The van der Waals surface area contributed by atoms with Gasteiger partial charge in [0.2, 0.25) is 5.91 Å². The van der Waals surface area contributed by atoms with Crippen molar-refractivity contribution >= 4 is 5.91 Å². The monoisotopic (exact) mass is 183 g/mol. The van der Waals surface area contributed by atoms with Gasteiger partial charge in [0, 0.05) is 12.5 Å². The van der Waals surface area contributed by atoms with E-state index >= 15 is 0 Å². The van der Waals surface area contributed by atoms with Gasteiger partial charge in [-0.2, -0.15) is 0 Å². The van der Waals surface area contributed by atoms with Crippen LogP contribution in [0.4, 0.5) is 0 Å². The summed E-state index contributed by atoms with van der Waals surface area (Å²) in [4.78, 5) is 11.6. The van der Waals surface area contributed by atoms with Gasteiger partial charge in [0.05, 0.1) is 0 Å². The molecule has 0 aromatic heterocycles. The van der Waals surface area contributed by atoms with Gasteiger partial charge >= 0.3 is 0 Å². The van der Waals surface area contributed by atoms with Crippen molar-refractivity contribution in [2.24, 2.45) is 5.92 Å². The van der Waals surface area contributed by atoms with Gasteiger partial charge in [0.25, 0.3) is 0 Å². The quantitative estimate of drug-likeness (QED) is 0.700. The Morgan fingerprint density at radius 1 is 1.15 bits per heavy atom. The number of hydrogen-bond donors (Lipinski definition) is 1. The van der Waals surface area contributed by atoms with E-state index in [-0.39, 0.29) is 5.91 Å². The van der Waals surface area contributed by atoms with Gasteiger partial charge in [-0.1, -0.05) is 32.1 Å². The molecule has 0 heterocycles. The summed E-state index contributed by atoms with van der Waals surface area (Å²) in [6, 6.07) is 0. The molecule has 1 aliphatic carbocycles. The van der Waals surface area contributed by atoms with E-state index in [0.717, 1.165) is 19.4 Å². The highest BCUT2D eigenvalue weighted by atomic mass is 16.1. The van der Waals surface area contributed by atoms with Crippen LogP contribution in [0.15, 0.2) is 0 Å². The molecule has 0 aromatic rings. The molecule has 0 bridgehead atoms. The second-order valence-corrected chi connectivity index (χ2v) is 3.94. The number of hydrogen-bond acceptors (Lipinski definition) is 1. The minimum absolute atomic E-state index is 0.282. The predicted molar refractivity (Wildman–Crippen MR) is 54.5 cm³/mol. The summed E-state index contributed by atoms with van der Waals surface area (Å²) >= 11 is 0. The van der Waals surface area contributed by atoms with Crippen molar-refractivity contribution in [3.8, 4) is 0 Å². The van der Waals surface area contributed by atoms with Crippen molar-refractivity contribution in [3.05, 3.63) is 0 Å². The highest BCUT2D eigenvalue weighted by Crippen LogP contribution is 2.22. The third-order valence-electron chi connectivity index (χ3n) is 2.83. The lowest BCUT2D eigenvalue weighted by Gasteiger charge is -2.18. The molecular weight excluding hydrogens is 162 g/mol. The van der Waals surface area contributed by atoms with Gasteiger partial charge in [-0.3, -0.25) is 4.79 Å². The molecule has 0 unspecified atom stereocenters. The van der Waals surface area contributed by atoms with E-state index in [2.05, 4.69) is 5.32 Å². The van der Waals surface area contributed by atoms with Crippen LogP contribution in [0.3, 0.4) is 0 Å². The molecule has 2 nitrogen and oxygen atoms in total. The topological polar surface area (TPSA) is 29.1 Å². The zero-order valence-corrected chi connectivity index (χ0v) is 8.64. The molecule has 76 valence electrons. The van der Waals surface area contributed by atoms with E-state index in [1.807, 2.05) is 6.92 Å². The summed E-state index contributed by atoms with van der Waals surface area (Å²) in [5.41, 5.74) is 0. The lowest BCUT2D eigenvalue weighted by Crippen LogP contribution is -2.30. The molecule has 1 aliphatic rings. The Bertz CT molecular complexity index is 148. The van der Waals surface area contributed by atoms with E-state index in [4.69, 9.17) is 0 Å². The van der Waals surface area contributed by atoms with Gasteiger partial charge in [-0.25, -0.2) is 0 Å². The first-order valence-electron chi connectivity index (χ1n) is 5.62. The molecule has 2 heteroatoms. The molecule has 1 N–H and O–H groups in total. The largest absolute Gasteiger partial charge is 0.356 e. The molecular formula is C11H21NO. The van der Waals surface area contributed by atoms with E-state index in [1.165, 1.54) is 32.1 Å². The summed E-state index contributed by atoms with van der Waals surface area (Å²) in [6.07, 6.45) is 8.68. The first-order valence-corrected chi connectivity index (χ1v) is 5.62. The molecule has 1 fully saturated rings. The molecule has 0 spiro atoms. The van der Waals surface area contributed by atoms with E-state index < -0.39 is 0 Å². The Kier molecular flexibility index (Phi) is 4.87. The van der Waals surface area contributed by atoms with E-state index in [9.17, 15) is 4.79 Å². The van der Waals surface area contributed by atoms with Crippen LogP contribution in [0.5, 0.6) is 0 Å². The number of amides is 1. The third-order valence-corrected chi connectivity index (χ3v) is 2.83. The number of rotatable bonds is 2. The standard InChI is InChI=1S/C11H21NO/c1-2-12-11(13)10-8-6-4-3-5-7-9-10/h10H,2-9H2,1H3,(H,12,13). The molecule has 1 saturated carbocycles. The van der Waals surface area contributed by atoms with Gasteiger partial charge in [0.15, 0.2) is 0 Å². The van der Waals surface area contributed by atoms with Crippen LogP contribution < -0.4 is 5.32 Å². The minimum atomic E-state index is 0.282. The average molecular weight is 183 g/mol. The Morgan fingerprint density at radius 2 is 1.69 bits per heavy atom. The number of carbonyl (C=O) groups excluding carboxylic acids is 1. The summed E-state index contributed by atoms with van der Waals surface area (Å²) < 4.78 is 0. The highest BCUT2D eigenvalue weighted by Gasteiger charge is 2.17. The van der Waals surface area contributed by atoms with Crippen molar-refractivity contribution in [3.63, 3.8) is 0 Å². The van der Waals surface area contributed by atoms with E-state index in [0.29, 0.717) is 5.92 Å². The van der Waals surface area contributed by atoms with Crippen LogP contribution >= 0.6 is 0 Å². The molecule has 0 saturated heterocycles. The number of carbonyl (C=O) groups is 1. The van der Waals surface area contributed by atoms with Gasteiger partial charge in [-0.15, -0.1) is 0 Å². The van der Waals surface area contributed by atoms with Gasteiger partial charge in [0.1, 0.15) is 0 Å². The maximum absolute atomic E-state index is 11.6. The lowest BCUT2D eigenvalue weighted by molar-refractivity contribution is -0.125. The fourth-order valence-corrected chi connectivity index (χ4v) is 2.04. The Morgan fingerprint density at radius 3 is 2.23 bits per heavy atom. The smallest absolute Gasteiger partial charge is 0.223 e. The summed E-state index contributed by atoms with van der Waals surface area (Å²) in [5, 5.41) is 2.92. The maximum atomic E-state index is 11.6. The van der Waals surface area contributed by atoms with Gasteiger partial charge < -0.3 is 5.32 Å². The molecule has 0 aromatic carbocycles. The van der Waals surface area contributed by atoms with Crippen molar-refractivity contribution in [1.82, 2.24) is 5.32 Å². The maximum Gasteiger partial charge on any atom is 0.223 e. The first-order chi connectivity index (χ1) is 6.34. The summed E-state index contributed by atoms with van der Waals surface area (Å²) in [5.74, 6) is 0.588. The van der Waals surface area contributed by atoms with Crippen LogP contribution in [-0.4, -0.2) is 12.5 Å². The van der Waals surface area contributed by atoms with Crippen LogP contribution in [0.25, 0.3) is 0 Å². The average Bonchev–Trinajstić information content (AvgIpc) is 2.03. The normalized spacial score (nSPS) is 20.4. The molecule has 0 aliphatic heterocycles. The van der Waals surface area contributed by atoms with Crippen molar-refractivity contribution in [1.29, 1.82) is 0 Å². The Labute approximate surface area is 81.1 Å². The Hall–Kier alpha value is -0.530. The SMILES string of the molecule is CCNC(=O)C1CCCCCCC1. The van der Waals surface area contributed by atoms with Crippen LogP contribution in [-0.2, 0) is 4.79 Å². The molecule has 1 amide bonds. The first kappa shape index (κ1) is 10.6. The molecule has 0 radical (unpaired) electrons. The second-order valence-electron chi connectivity index (χ2n) is 3.94.